The second kappa shape index (κ2) is 5.21. The van der Waals surface area contributed by atoms with Gasteiger partial charge in [0, 0.05) is 11.6 Å². The molecule has 0 saturated carbocycles. The Balaban J connectivity index is 2.47. The van der Waals surface area contributed by atoms with Gasteiger partial charge in [0.2, 0.25) is 0 Å². The number of rotatable bonds is 3. The fraction of sp³-hybridized carbons (Fsp3) is 0.143. The highest BCUT2D eigenvalue weighted by Crippen LogP contribution is 2.28. The van der Waals surface area contributed by atoms with E-state index < -0.39 is 0 Å². The molecule has 0 atom stereocenters. The highest BCUT2D eigenvalue weighted by molar-refractivity contribution is 6.30. The molecule has 2 aromatic carbocycles. The zero-order valence-corrected chi connectivity index (χ0v) is 10.4. The van der Waals surface area contributed by atoms with E-state index in [2.05, 4.69) is 0 Å². The first-order valence-electron chi connectivity index (χ1n) is 5.37. The molecule has 0 spiro atoms. The summed E-state index contributed by atoms with van der Waals surface area (Å²) in [6, 6.07) is 13.6. The summed E-state index contributed by atoms with van der Waals surface area (Å²) in [6.07, 6.45) is 0. The standard InChI is InChI=1S/C14H14ClNO/c1-17-13-6-3-10(4-7-13)14-8-12(15)5-2-11(14)9-16/h2-8H,9,16H2,1H3. The van der Waals surface area contributed by atoms with E-state index in [1.807, 2.05) is 42.5 Å². The van der Waals surface area contributed by atoms with Crippen molar-refractivity contribution in [2.45, 2.75) is 6.54 Å². The van der Waals surface area contributed by atoms with Gasteiger partial charge in [-0.25, -0.2) is 0 Å². The quantitative estimate of drug-likeness (QED) is 0.901. The minimum Gasteiger partial charge on any atom is -0.497 e. The van der Waals surface area contributed by atoms with Gasteiger partial charge in [0.05, 0.1) is 7.11 Å². The Hall–Kier alpha value is -1.51. The van der Waals surface area contributed by atoms with Crippen LogP contribution in [0.1, 0.15) is 5.56 Å². The number of hydrogen-bond donors (Lipinski definition) is 1. The van der Waals surface area contributed by atoms with Crippen LogP contribution >= 0.6 is 11.6 Å². The van der Waals surface area contributed by atoms with Crippen LogP contribution in [-0.2, 0) is 6.54 Å². The van der Waals surface area contributed by atoms with Crippen LogP contribution in [0.3, 0.4) is 0 Å². The average Bonchev–Trinajstić information content (AvgIpc) is 2.39. The normalized spacial score (nSPS) is 10.3. The molecule has 3 heteroatoms. The maximum absolute atomic E-state index is 6.02. The minimum atomic E-state index is 0.499. The molecule has 2 N–H and O–H groups in total. The Bertz CT molecular complexity index is 508. The van der Waals surface area contributed by atoms with E-state index in [0.717, 1.165) is 22.4 Å². The molecule has 2 nitrogen and oxygen atoms in total. The molecule has 2 rings (SSSR count). The SMILES string of the molecule is COc1ccc(-c2cc(Cl)ccc2CN)cc1. The van der Waals surface area contributed by atoms with E-state index in [9.17, 15) is 0 Å². The fourth-order valence-electron chi connectivity index (χ4n) is 1.77. The monoisotopic (exact) mass is 247 g/mol. The second-order valence-corrected chi connectivity index (χ2v) is 4.17. The number of benzene rings is 2. The van der Waals surface area contributed by atoms with Crippen molar-refractivity contribution in [3.63, 3.8) is 0 Å². The van der Waals surface area contributed by atoms with Gasteiger partial charge < -0.3 is 10.5 Å². The van der Waals surface area contributed by atoms with Crippen molar-refractivity contribution in [3.05, 3.63) is 53.1 Å². The van der Waals surface area contributed by atoms with Crippen molar-refractivity contribution in [3.8, 4) is 16.9 Å². The van der Waals surface area contributed by atoms with Crippen LogP contribution in [-0.4, -0.2) is 7.11 Å². The van der Waals surface area contributed by atoms with Crippen LogP contribution in [0.5, 0.6) is 5.75 Å². The maximum atomic E-state index is 6.02. The molecule has 0 unspecified atom stereocenters. The zero-order chi connectivity index (χ0) is 12.3. The Morgan fingerprint density at radius 1 is 1.12 bits per heavy atom. The molecule has 0 heterocycles. The first-order chi connectivity index (χ1) is 8.24. The summed E-state index contributed by atoms with van der Waals surface area (Å²) in [7, 11) is 1.65. The summed E-state index contributed by atoms with van der Waals surface area (Å²) in [5.74, 6) is 0.838. The second-order valence-electron chi connectivity index (χ2n) is 3.73. The summed E-state index contributed by atoms with van der Waals surface area (Å²) in [5.41, 5.74) is 8.97. The summed E-state index contributed by atoms with van der Waals surface area (Å²) in [5, 5.41) is 0.716. The molecule has 0 aliphatic carbocycles. The molecule has 0 saturated heterocycles. The van der Waals surface area contributed by atoms with Crippen molar-refractivity contribution in [2.75, 3.05) is 7.11 Å². The van der Waals surface area contributed by atoms with Gasteiger partial charge in [-0.2, -0.15) is 0 Å². The Labute approximate surface area is 106 Å². The lowest BCUT2D eigenvalue weighted by atomic mass is 10.00. The lowest BCUT2D eigenvalue weighted by Crippen LogP contribution is -1.98. The molecule has 0 aliphatic heterocycles. The van der Waals surface area contributed by atoms with Gasteiger partial charge in [-0.15, -0.1) is 0 Å². The number of hydrogen-bond acceptors (Lipinski definition) is 2. The maximum Gasteiger partial charge on any atom is 0.118 e. The van der Waals surface area contributed by atoms with Crippen molar-refractivity contribution >= 4 is 11.6 Å². The molecule has 88 valence electrons. The van der Waals surface area contributed by atoms with Crippen LogP contribution < -0.4 is 10.5 Å². The third-order valence-electron chi connectivity index (χ3n) is 2.69. The minimum absolute atomic E-state index is 0.499. The molecule has 0 fully saturated rings. The van der Waals surface area contributed by atoms with E-state index in [0.29, 0.717) is 11.6 Å². The Morgan fingerprint density at radius 3 is 2.41 bits per heavy atom. The van der Waals surface area contributed by atoms with Gasteiger partial charge in [-0.3, -0.25) is 0 Å². The molecule has 0 bridgehead atoms. The lowest BCUT2D eigenvalue weighted by Gasteiger charge is -2.09. The predicted octanol–water partition coefficient (Wildman–Crippen LogP) is 3.47. The first kappa shape index (κ1) is 12.0. The smallest absolute Gasteiger partial charge is 0.118 e. The number of halogens is 1. The third-order valence-corrected chi connectivity index (χ3v) is 2.93. The van der Waals surface area contributed by atoms with Crippen molar-refractivity contribution in [1.82, 2.24) is 0 Å². The Kier molecular flexibility index (Phi) is 3.67. The number of ether oxygens (including phenoxy) is 1. The van der Waals surface area contributed by atoms with Gasteiger partial charge in [0.25, 0.3) is 0 Å². The van der Waals surface area contributed by atoms with Crippen molar-refractivity contribution in [2.24, 2.45) is 5.73 Å². The fourth-order valence-corrected chi connectivity index (χ4v) is 1.94. The topological polar surface area (TPSA) is 35.2 Å². The van der Waals surface area contributed by atoms with Crippen LogP contribution in [0.25, 0.3) is 11.1 Å². The lowest BCUT2D eigenvalue weighted by molar-refractivity contribution is 0.415. The van der Waals surface area contributed by atoms with Crippen LogP contribution in [0.2, 0.25) is 5.02 Å². The van der Waals surface area contributed by atoms with Crippen molar-refractivity contribution in [1.29, 1.82) is 0 Å². The van der Waals surface area contributed by atoms with Crippen LogP contribution in [0.4, 0.5) is 0 Å². The van der Waals surface area contributed by atoms with Crippen LogP contribution in [0.15, 0.2) is 42.5 Å². The number of methoxy groups -OCH3 is 1. The molecule has 0 radical (unpaired) electrons. The van der Waals surface area contributed by atoms with E-state index in [1.54, 1.807) is 7.11 Å². The van der Waals surface area contributed by atoms with Crippen LogP contribution in [0, 0.1) is 0 Å². The van der Waals surface area contributed by atoms with E-state index >= 15 is 0 Å². The van der Waals surface area contributed by atoms with Crippen molar-refractivity contribution < 1.29 is 4.74 Å². The van der Waals surface area contributed by atoms with Gasteiger partial charge in [-0.1, -0.05) is 29.8 Å². The molecule has 0 aromatic heterocycles. The van der Waals surface area contributed by atoms with E-state index in [4.69, 9.17) is 22.1 Å². The zero-order valence-electron chi connectivity index (χ0n) is 9.61. The summed E-state index contributed by atoms with van der Waals surface area (Å²) in [4.78, 5) is 0. The third kappa shape index (κ3) is 2.60. The largest absolute Gasteiger partial charge is 0.497 e. The van der Waals surface area contributed by atoms with Gasteiger partial charge in [0.15, 0.2) is 0 Å². The highest BCUT2D eigenvalue weighted by Gasteiger charge is 2.05. The van der Waals surface area contributed by atoms with Gasteiger partial charge in [0.1, 0.15) is 5.75 Å². The van der Waals surface area contributed by atoms with Gasteiger partial charge >= 0.3 is 0 Å². The molecular weight excluding hydrogens is 234 g/mol. The molecule has 0 amide bonds. The molecular formula is C14H14ClNO. The predicted molar refractivity (Wildman–Crippen MR) is 71.3 cm³/mol. The molecule has 17 heavy (non-hydrogen) atoms. The summed E-state index contributed by atoms with van der Waals surface area (Å²) < 4.78 is 5.13. The highest BCUT2D eigenvalue weighted by atomic mass is 35.5. The number of nitrogens with two attached hydrogens (primary N) is 1. The van der Waals surface area contributed by atoms with E-state index in [-0.39, 0.29) is 0 Å². The first-order valence-corrected chi connectivity index (χ1v) is 5.75. The summed E-state index contributed by atoms with van der Waals surface area (Å²) >= 11 is 6.02. The Morgan fingerprint density at radius 2 is 1.82 bits per heavy atom. The van der Waals surface area contributed by atoms with E-state index in [1.165, 1.54) is 0 Å². The molecule has 2 aromatic rings. The average molecular weight is 248 g/mol. The van der Waals surface area contributed by atoms with Gasteiger partial charge in [-0.05, 0) is 41.0 Å². The summed E-state index contributed by atoms with van der Waals surface area (Å²) in [6.45, 7) is 0.499. The molecule has 0 aliphatic rings.